The first-order valence-corrected chi connectivity index (χ1v) is 8.04. The van der Waals surface area contributed by atoms with Crippen molar-refractivity contribution < 1.29 is 14.8 Å². The zero-order valence-electron chi connectivity index (χ0n) is 14.5. The van der Waals surface area contributed by atoms with Crippen LogP contribution in [0.5, 0.6) is 11.5 Å². The molecule has 0 amide bonds. The molecular formula is C18H25NO4. The Bertz CT molecular complexity index is 678. The first-order chi connectivity index (χ1) is 10.7. The van der Waals surface area contributed by atoms with Crippen LogP contribution in [-0.2, 0) is 6.42 Å². The van der Waals surface area contributed by atoms with Crippen molar-refractivity contribution in [2.75, 3.05) is 0 Å². The SMILES string of the molecule is CC/C(=C/CC1(C)CCc2c(C)c(O)c(C)c(C)c2O1)[N+](=O)[O-]. The maximum atomic E-state index is 11.0. The Morgan fingerprint density at radius 3 is 2.57 bits per heavy atom. The van der Waals surface area contributed by atoms with Gasteiger partial charge in [-0.2, -0.15) is 0 Å². The lowest BCUT2D eigenvalue weighted by molar-refractivity contribution is -0.427. The molecule has 5 heteroatoms. The highest BCUT2D eigenvalue weighted by atomic mass is 16.6. The van der Waals surface area contributed by atoms with Crippen molar-refractivity contribution in [1.29, 1.82) is 0 Å². The lowest BCUT2D eigenvalue weighted by Gasteiger charge is -2.37. The third-order valence-corrected chi connectivity index (χ3v) is 4.96. The fourth-order valence-electron chi connectivity index (χ4n) is 3.12. The molecular weight excluding hydrogens is 294 g/mol. The van der Waals surface area contributed by atoms with E-state index in [-0.39, 0.29) is 10.6 Å². The fraction of sp³-hybridized carbons (Fsp3) is 0.556. The van der Waals surface area contributed by atoms with Gasteiger partial charge < -0.3 is 9.84 Å². The van der Waals surface area contributed by atoms with Gasteiger partial charge in [0.1, 0.15) is 17.1 Å². The Morgan fingerprint density at radius 1 is 1.35 bits per heavy atom. The van der Waals surface area contributed by atoms with E-state index in [9.17, 15) is 15.2 Å². The molecule has 0 spiro atoms. The van der Waals surface area contributed by atoms with Crippen molar-refractivity contribution in [2.45, 2.75) is 65.9 Å². The van der Waals surface area contributed by atoms with Gasteiger partial charge in [0, 0.05) is 18.4 Å². The van der Waals surface area contributed by atoms with Gasteiger partial charge in [0.25, 0.3) is 0 Å². The first kappa shape index (κ1) is 17.3. The summed E-state index contributed by atoms with van der Waals surface area (Å²) >= 11 is 0. The van der Waals surface area contributed by atoms with Gasteiger partial charge in [0.05, 0.1) is 4.92 Å². The zero-order valence-corrected chi connectivity index (χ0v) is 14.5. The molecule has 126 valence electrons. The van der Waals surface area contributed by atoms with Crippen molar-refractivity contribution in [3.8, 4) is 11.5 Å². The summed E-state index contributed by atoms with van der Waals surface area (Å²) in [6, 6.07) is 0. The molecule has 0 fully saturated rings. The summed E-state index contributed by atoms with van der Waals surface area (Å²) in [5, 5.41) is 21.2. The second kappa shape index (κ2) is 6.22. The maximum absolute atomic E-state index is 11.0. The molecule has 1 N–H and O–H groups in total. The largest absolute Gasteiger partial charge is 0.507 e. The van der Waals surface area contributed by atoms with Crippen LogP contribution in [0, 0.1) is 30.9 Å². The molecule has 0 radical (unpaired) electrons. The highest BCUT2D eigenvalue weighted by Gasteiger charge is 2.34. The summed E-state index contributed by atoms with van der Waals surface area (Å²) in [7, 11) is 0. The number of ether oxygens (including phenoxy) is 1. The number of fused-ring (bicyclic) bond motifs is 1. The van der Waals surface area contributed by atoms with Gasteiger partial charge in [0.2, 0.25) is 5.70 Å². The van der Waals surface area contributed by atoms with Gasteiger partial charge in [-0.15, -0.1) is 0 Å². The molecule has 0 bridgehead atoms. The predicted octanol–water partition coefficient (Wildman–Crippen LogP) is 4.36. The Labute approximate surface area is 137 Å². The Kier molecular flexibility index (Phi) is 4.68. The van der Waals surface area contributed by atoms with Crippen LogP contribution in [-0.4, -0.2) is 15.6 Å². The van der Waals surface area contributed by atoms with E-state index in [0.717, 1.165) is 40.8 Å². The minimum Gasteiger partial charge on any atom is -0.507 e. The van der Waals surface area contributed by atoms with Gasteiger partial charge in [0.15, 0.2) is 0 Å². The summed E-state index contributed by atoms with van der Waals surface area (Å²) in [6.07, 6.45) is 4.17. The summed E-state index contributed by atoms with van der Waals surface area (Å²) in [6.45, 7) is 9.53. The molecule has 5 nitrogen and oxygen atoms in total. The van der Waals surface area contributed by atoms with Crippen LogP contribution in [0.2, 0.25) is 0 Å². The molecule has 1 aliphatic heterocycles. The lowest BCUT2D eigenvalue weighted by Crippen LogP contribution is -2.36. The molecule has 1 aliphatic rings. The number of allylic oxidation sites excluding steroid dienone is 1. The summed E-state index contributed by atoms with van der Waals surface area (Å²) in [5.74, 6) is 1.18. The molecule has 1 atom stereocenters. The zero-order chi connectivity index (χ0) is 17.4. The summed E-state index contributed by atoms with van der Waals surface area (Å²) in [4.78, 5) is 10.6. The quantitative estimate of drug-likeness (QED) is 0.661. The molecule has 1 aromatic carbocycles. The van der Waals surface area contributed by atoms with Crippen LogP contribution < -0.4 is 4.74 Å². The second-order valence-corrected chi connectivity index (χ2v) is 6.59. The first-order valence-electron chi connectivity index (χ1n) is 8.04. The van der Waals surface area contributed by atoms with Crippen LogP contribution in [0.4, 0.5) is 0 Å². The van der Waals surface area contributed by atoms with Crippen LogP contribution in [0.15, 0.2) is 11.8 Å². The van der Waals surface area contributed by atoms with Gasteiger partial charge in [-0.25, -0.2) is 0 Å². The molecule has 0 aliphatic carbocycles. The average Bonchev–Trinajstić information content (AvgIpc) is 2.51. The van der Waals surface area contributed by atoms with E-state index in [0.29, 0.717) is 18.6 Å². The number of phenols is 1. The van der Waals surface area contributed by atoms with Crippen molar-refractivity contribution in [2.24, 2.45) is 0 Å². The van der Waals surface area contributed by atoms with Crippen LogP contribution in [0.25, 0.3) is 0 Å². The Morgan fingerprint density at radius 2 is 2.00 bits per heavy atom. The molecule has 0 aromatic heterocycles. The Hall–Kier alpha value is -2.04. The number of phenolic OH excluding ortho intramolecular Hbond substituents is 1. The number of nitro groups is 1. The second-order valence-electron chi connectivity index (χ2n) is 6.59. The normalized spacial score (nSPS) is 20.8. The van der Waals surface area contributed by atoms with E-state index >= 15 is 0 Å². The smallest absolute Gasteiger partial charge is 0.242 e. The van der Waals surface area contributed by atoms with Crippen LogP contribution in [0.1, 0.15) is 55.4 Å². The van der Waals surface area contributed by atoms with E-state index < -0.39 is 5.60 Å². The highest BCUT2D eigenvalue weighted by Crippen LogP contribution is 2.44. The van der Waals surface area contributed by atoms with Gasteiger partial charge in [-0.05, 0) is 63.3 Å². The van der Waals surface area contributed by atoms with E-state index in [1.165, 1.54) is 0 Å². The standard InChI is InChI=1S/C18H25NO4/c1-6-14(19(21)22)7-9-18(5)10-8-15-13(4)16(20)11(2)12(3)17(15)23-18/h7,20H,6,8-10H2,1-5H3/b14-7-. The number of hydrogen-bond acceptors (Lipinski definition) is 4. The van der Waals surface area contributed by atoms with Crippen molar-refractivity contribution in [3.05, 3.63) is 44.1 Å². The molecule has 23 heavy (non-hydrogen) atoms. The number of benzene rings is 1. The molecule has 0 saturated heterocycles. The van der Waals surface area contributed by atoms with E-state index in [2.05, 4.69) is 0 Å². The lowest BCUT2D eigenvalue weighted by atomic mass is 9.85. The van der Waals surface area contributed by atoms with Crippen LogP contribution >= 0.6 is 0 Å². The fourth-order valence-corrected chi connectivity index (χ4v) is 3.12. The molecule has 1 unspecified atom stereocenters. The minimum atomic E-state index is -0.454. The van der Waals surface area contributed by atoms with E-state index in [1.807, 2.05) is 27.7 Å². The van der Waals surface area contributed by atoms with Gasteiger partial charge >= 0.3 is 0 Å². The number of rotatable bonds is 4. The summed E-state index contributed by atoms with van der Waals surface area (Å²) < 4.78 is 6.26. The maximum Gasteiger partial charge on any atom is 0.242 e. The van der Waals surface area contributed by atoms with Gasteiger partial charge in [-0.3, -0.25) is 10.1 Å². The summed E-state index contributed by atoms with van der Waals surface area (Å²) in [5.41, 5.74) is 3.49. The number of nitrogens with zero attached hydrogens (tertiary/aromatic N) is 1. The molecule has 2 rings (SSSR count). The Balaban J connectivity index is 2.34. The third kappa shape index (κ3) is 3.19. The monoisotopic (exact) mass is 319 g/mol. The van der Waals surface area contributed by atoms with E-state index in [4.69, 9.17) is 4.74 Å². The van der Waals surface area contributed by atoms with Crippen LogP contribution in [0.3, 0.4) is 0 Å². The topological polar surface area (TPSA) is 72.6 Å². The number of aromatic hydroxyl groups is 1. The average molecular weight is 319 g/mol. The minimum absolute atomic E-state index is 0.232. The number of hydrogen-bond donors (Lipinski definition) is 1. The predicted molar refractivity (Wildman–Crippen MR) is 89.7 cm³/mol. The molecule has 0 saturated carbocycles. The van der Waals surface area contributed by atoms with Crippen molar-refractivity contribution in [1.82, 2.24) is 0 Å². The van der Waals surface area contributed by atoms with Crippen molar-refractivity contribution in [3.63, 3.8) is 0 Å². The third-order valence-electron chi connectivity index (χ3n) is 4.96. The van der Waals surface area contributed by atoms with Gasteiger partial charge in [-0.1, -0.05) is 6.92 Å². The molecule has 1 aromatic rings. The van der Waals surface area contributed by atoms with E-state index in [1.54, 1.807) is 13.0 Å². The highest BCUT2D eigenvalue weighted by molar-refractivity contribution is 5.58. The molecule has 1 heterocycles. The van der Waals surface area contributed by atoms with Crippen molar-refractivity contribution >= 4 is 0 Å².